The molecule has 1 saturated carbocycles. The summed E-state index contributed by atoms with van der Waals surface area (Å²) in [6, 6.07) is 39.0. The summed E-state index contributed by atoms with van der Waals surface area (Å²) in [5.74, 6) is 1.24. The van der Waals surface area contributed by atoms with Crippen LogP contribution in [0.4, 0.5) is 11.4 Å². The van der Waals surface area contributed by atoms with E-state index in [1.165, 1.54) is 79.6 Å². The third-order valence-electron chi connectivity index (χ3n) is 10.5. The van der Waals surface area contributed by atoms with E-state index in [1.54, 1.807) is 0 Å². The number of nitrogens with zero attached hydrogens (tertiary/aromatic N) is 1. The number of hydrogen-bond acceptors (Lipinski definition) is 1. The molecule has 0 spiro atoms. The topological polar surface area (TPSA) is 3.24 Å². The maximum Gasteiger partial charge on any atom is 0.0492 e. The molecule has 6 aromatic rings. The summed E-state index contributed by atoms with van der Waals surface area (Å²) in [6.45, 7) is 9.84. The van der Waals surface area contributed by atoms with Crippen molar-refractivity contribution in [1.82, 2.24) is 0 Å². The predicted octanol–water partition coefficient (Wildman–Crippen LogP) is 11.1. The van der Waals surface area contributed by atoms with Crippen LogP contribution in [0.2, 0.25) is 0 Å². The molecule has 3 atom stereocenters. The summed E-state index contributed by atoms with van der Waals surface area (Å²) >= 11 is 0. The van der Waals surface area contributed by atoms with Gasteiger partial charge in [-0.05, 0) is 111 Å². The van der Waals surface area contributed by atoms with Gasteiger partial charge in [-0.25, -0.2) is 0 Å². The molecule has 3 unspecified atom stereocenters. The minimum Gasteiger partial charge on any atom is -0.335 e. The highest BCUT2D eigenvalue weighted by molar-refractivity contribution is 6.25. The Kier molecular flexibility index (Phi) is 5.00. The second-order valence-electron chi connectivity index (χ2n) is 13.7. The monoisotopic (exact) mass is 519 g/mol. The molecule has 1 aliphatic carbocycles. The molecule has 0 amide bonds. The molecule has 0 N–H and O–H groups in total. The summed E-state index contributed by atoms with van der Waals surface area (Å²) in [5.41, 5.74) is 7.35. The first-order valence-corrected chi connectivity index (χ1v) is 15.0. The van der Waals surface area contributed by atoms with Gasteiger partial charge in [0, 0.05) is 22.8 Å². The predicted molar refractivity (Wildman–Crippen MR) is 172 cm³/mol. The maximum atomic E-state index is 2.68. The molecule has 2 aliphatic rings. The molecule has 1 heterocycles. The van der Waals surface area contributed by atoms with Crippen LogP contribution in [0.3, 0.4) is 0 Å². The lowest BCUT2D eigenvalue weighted by atomic mass is 9.62. The van der Waals surface area contributed by atoms with Crippen LogP contribution in [0.15, 0.2) is 103 Å². The van der Waals surface area contributed by atoms with Gasteiger partial charge in [-0.3, -0.25) is 0 Å². The van der Waals surface area contributed by atoms with Gasteiger partial charge in [0.2, 0.25) is 0 Å². The van der Waals surface area contributed by atoms with Crippen molar-refractivity contribution in [2.24, 2.45) is 11.3 Å². The number of anilines is 2. The molecule has 8 rings (SSSR count). The number of hydrogen-bond donors (Lipinski definition) is 0. The van der Waals surface area contributed by atoms with E-state index >= 15 is 0 Å². The van der Waals surface area contributed by atoms with Gasteiger partial charge in [-0.2, -0.15) is 0 Å². The van der Waals surface area contributed by atoms with Gasteiger partial charge in [-0.1, -0.05) is 99.6 Å². The molecule has 1 aliphatic heterocycles. The number of rotatable bonds is 2. The van der Waals surface area contributed by atoms with Crippen LogP contribution >= 0.6 is 0 Å². The van der Waals surface area contributed by atoms with E-state index in [4.69, 9.17) is 0 Å². The minimum atomic E-state index is 0.0900. The van der Waals surface area contributed by atoms with Crippen LogP contribution in [-0.4, -0.2) is 5.54 Å². The Morgan fingerprint density at radius 2 is 1.43 bits per heavy atom. The van der Waals surface area contributed by atoms with Crippen molar-refractivity contribution in [3.05, 3.63) is 109 Å². The Morgan fingerprint density at radius 1 is 0.725 bits per heavy atom. The van der Waals surface area contributed by atoms with E-state index in [0.29, 0.717) is 11.3 Å². The van der Waals surface area contributed by atoms with Crippen molar-refractivity contribution in [2.45, 2.75) is 58.4 Å². The first kappa shape index (κ1) is 24.0. The third-order valence-corrected chi connectivity index (χ3v) is 10.5. The Morgan fingerprint density at radius 3 is 2.17 bits per heavy atom. The van der Waals surface area contributed by atoms with Gasteiger partial charge in [0.05, 0.1) is 0 Å². The van der Waals surface area contributed by atoms with E-state index in [0.717, 1.165) is 5.92 Å². The van der Waals surface area contributed by atoms with Gasteiger partial charge in [0.25, 0.3) is 0 Å². The van der Waals surface area contributed by atoms with Crippen LogP contribution < -0.4 is 4.90 Å². The van der Waals surface area contributed by atoms with Crippen LogP contribution in [-0.2, 0) is 0 Å². The molecule has 0 bridgehead atoms. The van der Waals surface area contributed by atoms with Gasteiger partial charge >= 0.3 is 0 Å². The zero-order chi connectivity index (χ0) is 27.2. The highest BCUT2D eigenvalue weighted by Gasteiger charge is 2.52. The Labute approximate surface area is 237 Å². The second kappa shape index (κ2) is 8.33. The van der Waals surface area contributed by atoms with Crippen LogP contribution in [0.25, 0.3) is 43.4 Å². The van der Waals surface area contributed by atoms with Crippen molar-refractivity contribution < 1.29 is 0 Å². The molecular formula is C39H37N. The fourth-order valence-corrected chi connectivity index (χ4v) is 8.29. The van der Waals surface area contributed by atoms with Crippen molar-refractivity contribution in [1.29, 1.82) is 0 Å². The van der Waals surface area contributed by atoms with Crippen molar-refractivity contribution in [3.63, 3.8) is 0 Å². The fourth-order valence-electron chi connectivity index (χ4n) is 8.29. The Bertz CT molecular complexity index is 1880. The zero-order valence-corrected chi connectivity index (χ0v) is 24.0. The maximum absolute atomic E-state index is 2.68. The SMILES string of the molecule is CC(C)(C)C1CCC2(C)C(C1)c1cc(-c3ccc4ccc5cccc6ccc3c4c56)ccc1N2c1ccccc1. The van der Waals surface area contributed by atoms with Gasteiger partial charge < -0.3 is 4.90 Å². The van der Waals surface area contributed by atoms with Crippen molar-refractivity contribution in [3.8, 4) is 11.1 Å². The number of fused-ring (bicyclic) bond motifs is 3. The summed E-state index contributed by atoms with van der Waals surface area (Å²) in [7, 11) is 0. The molecule has 6 aromatic carbocycles. The minimum absolute atomic E-state index is 0.0900. The first-order chi connectivity index (χ1) is 19.3. The molecule has 40 heavy (non-hydrogen) atoms. The summed E-state index contributed by atoms with van der Waals surface area (Å²) in [5, 5.41) is 8.13. The fraction of sp³-hybridized carbons (Fsp3) is 0.282. The lowest BCUT2D eigenvalue weighted by Gasteiger charge is -2.49. The van der Waals surface area contributed by atoms with Gasteiger partial charge in [0.15, 0.2) is 0 Å². The molecule has 0 radical (unpaired) electrons. The normalized spacial score (nSPS) is 22.8. The number of para-hydroxylation sites is 1. The lowest BCUT2D eigenvalue weighted by Crippen LogP contribution is -2.48. The smallest absolute Gasteiger partial charge is 0.0492 e. The molecule has 1 heteroatoms. The van der Waals surface area contributed by atoms with E-state index in [9.17, 15) is 0 Å². The van der Waals surface area contributed by atoms with Gasteiger partial charge in [-0.15, -0.1) is 0 Å². The molecule has 1 fully saturated rings. The quantitative estimate of drug-likeness (QED) is 0.206. The van der Waals surface area contributed by atoms with Crippen LogP contribution in [0.1, 0.15) is 58.4 Å². The molecule has 1 nitrogen and oxygen atoms in total. The summed E-state index contributed by atoms with van der Waals surface area (Å²) in [4.78, 5) is 2.68. The molecule has 0 saturated heterocycles. The molecular weight excluding hydrogens is 482 g/mol. The zero-order valence-electron chi connectivity index (χ0n) is 24.0. The van der Waals surface area contributed by atoms with Gasteiger partial charge in [0.1, 0.15) is 0 Å². The molecule has 198 valence electrons. The van der Waals surface area contributed by atoms with E-state index in [-0.39, 0.29) is 5.54 Å². The van der Waals surface area contributed by atoms with Crippen molar-refractivity contribution in [2.75, 3.05) is 4.90 Å². The van der Waals surface area contributed by atoms with Crippen molar-refractivity contribution >= 4 is 43.7 Å². The Hall–Kier alpha value is -3.84. The van der Waals surface area contributed by atoms with Crippen LogP contribution in [0.5, 0.6) is 0 Å². The average Bonchev–Trinajstić information content (AvgIpc) is 3.22. The van der Waals surface area contributed by atoms with E-state index in [1.807, 2.05) is 0 Å². The summed E-state index contributed by atoms with van der Waals surface area (Å²) < 4.78 is 0. The first-order valence-electron chi connectivity index (χ1n) is 15.0. The third kappa shape index (κ3) is 3.33. The van der Waals surface area contributed by atoms with Crippen LogP contribution in [0, 0.1) is 11.3 Å². The Balaban J connectivity index is 1.34. The average molecular weight is 520 g/mol. The number of benzene rings is 6. The lowest BCUT2D eigenvalue weighted by molar-refractivity contribution is 0.127. The highest BCUT2D eigenvalue weighted by Crippen LogP contribution is 2.60. The second-order valence-corrected chi connectivity index (χ2v) is 13.7. The standard InChI is InChI=1S/C39H37N/c1-38(2,3)29-21-22-39(4)34(24-29)33-23-28(17-20-35(33)40(39)30-11-6-5-7-12-30)31-18-15-27-14-13-25-9-8-10-26-16-19-32(31)37(27)36(25)26/h5-20,23,29,34H,21-22,24H2,1-4H3. The molecule has 0 aromatic heterocycles. The largest absolute Gasteiger partial charge is 0.335 e. The van der Waals surface area contributed by atoms with E-state index < -0.39 is 0 Å². The highest BCUT2D eigenvalue weighted by atomic mass is 15.2. The summed E-state index contributed by atoms with van der Waals surface area (Å²) in [6.07, 6.45) is 3.76. The van der Waals surface area contributed by atoms with E-state index in [2.05, 4.69) is 136 Å².